The molecule has 0 amide bonds. The predicted molar refractivity (Wildman–Crippen MR) is 124 cm³/mol. The van der Waals surface area contributed by atoms with Crippen LogP contribution in [0.3, 0.4) is 0 Å². The first-order valence-corrected chi connectivity index (χ1v) is 13.9. The summed E-state index contributed by atoms with van der Waals surface area (Å²) in [5.41, 5.74) is 1.42. The number of hydrogen-bond acceptors (Lipinski definition) is 4. The molecule has 174 valence electrons. The molecule has 5 nitrogen and oxygen atoms in total. The monoisotopic (exact) mass is 449 g/mol. The Labute approximate surface area is 188 Å². The highest BCUT2D eigenvalue weighted by Gasteiger charge is 2.50. The van der Waals surface area contributed by atoms with Crippen molar-refractivity contribution < 1.29 is 18.0 Å². The lowest BCUT2D eigenvalue weighted by molar-refractivity contribution is -0.121. The normalized spacial score (nSPS) is 22.9. The van der Waals surface area contributed by atoms with Crippen molar-refractivity contribution in [2.75, 3.05) is 6.54 Å². The van der Waals surface area contributed by atoms with Crippen LogP contribution in [0.2, 0.25) is 0 Å². The number of rotatable bonds is 15. The van der Waals surface area contributed by atoms with Crippen molar-refractivity contribution in [3.05, 3.63) is 22.1 Å². The van der Waals surface area contributed by atoms with Crippen LogP contribution in [0.5, 0.6) is 0 Å². The van der Waals surface area contributed by atoms with Gasteiger partial charge in [0.1, 0.15) is 5.78 Å². The largest absolute Gasteiger partial charge is 0.298 e. The third-order valence-corrected chi connectivity index (χ3v) is 8.58. The average molecular weight is 450 g/mol. The maximum Gasteiger partial charge on any atom is 0.240 e. The first-order valence-electron chi connectivity index (χ1n) is 12.5. The summed E-state index contributed by atoms with van der Waals surface area (Å²) in [7, 11) is -3.75. The van der Waals surface area contributed by atoms with Gasteiger partial charge in [-0.2, -0.15) is 0 Å². The zero-order valence-electron chi connectivity index (χ0n) is 19.1. The zero-order valence-corrected chi connectivity index (χ0v) is 19.9. The second-order valence-electron chi connectivity index (χ2n) is 9.46. The van der Waals surface area contributed by atoms with E-state index in [1.165, 1.54) is 63.9 Å². The van der Waals surface area contributed by atoms with Gasteiger partial charge in [-0.3, -0.25) is 9.59 Å². The van der Waals surface area contributed by atoms with Crippen molar-refractivity contribution in [1.29, 1.82) is 0 Å². The van der Waals surface area contributed by atoms with Crippen LogP contribution in [0.1, 0.15) is 103 Å². The second-order valence-corrected chi connectivity index (χ2v) is 11.2. The standard InChI is InChI=1S/C25H39NO4S/c1-2-3-4-5-6-7-8-9-10-11-12-13-16-26-31(29,30)23-18-19(27)17-22-20-14-15-21(24(22)23)25(20)28/h18,20-21,26H,2-17H2,1H3. The lowest BCUT2D eigenvalue weighted by Crippen LogP contribution is -2.30. The molecule has 0 aromatic heterocycles. The molecule has 2 atom stereocenters. The Hall–Kier alpha value is -1.27. The summed E-state index contributed by atoms with van der Waals surface area (Å²) < 4.78 is 28.4. The summed E-state index contributed by atoms with van der Waals surface area (Å²) >= 11 is 0. The number of carbonyl (C=O) groups excluding carboxylic acids is 2. The van der Waals surface area contributed by atoms with Gasteiger partial charge in [0.2, 0.25) is 10.0 Å². The van der Waals surface area contributed by atoms with Crippen LogP contribution < -0.4 is 4.72 Å². The van der Waals surface area contributed by atoms with E-state index in [1.54, 1.807) is 0 Å². The molecule has 3 aliphatic carbocycles. The van der Waals surface area contributed by atoms with Crippen molar-refractivity contribution in [3.63, 3.8) is 0 Å². The smallest absolute Gasteiger partial charge is 0.240 e. The summed E-state index contributed by atoms with van der Waals surface area (Å²) in [5, 5.41) is 0. The van der Waals surface area contributed by atoms with E-state index < -0.39 is 10.0 Å². The summed E-state index contributed by atoms with van der Waals surface area (Å²) in [4.78, 5) is 24.6. The molecule has 6 heteroatoms. The number of carbonyl (C=O) groups is 2. The highest BCUT2D eigenvalue weighted by molar-refractivity contribution is 7.93. The number of hydrogen-bond donors (Lipinski definition) is 1. The van der Waals surface area contributed by atoms with Gasteiger partial charge in [0.25, 0.3) is 0 Å². The molecule has 0 saturated heterocycles. The number of fused-ring (bicyclic) bond motifs is 4. The zero-order chi connectivity index (χ0) is 22.3. The third kappa shape index (κ3) is 6.16. The van der Waals surface area contributed by atoms with Crippen LogP contribution >= 0.6 is 0 Å². The van der Waals surface area contributed by atoms with E-state index in [-0.39, 0.29) is 34.7 Å². The molecule has 0 aromatic carbocycles. The fourth-order valence-electron chi connectivity index (χ4n) is 5.39. The third-order valence-electron chi connectivity index (χ3n) is 7.08. The molecule has 3 rings (SSSR count). The maximum atomic E-state index is 12.9. The van der Waals surface area contributed by atoms with Crippen LogP contribution in [0.25, 0.3) is 0 Å². The molecule has 2 unspecified atom stereocenters. The Morgan fingerprint density at radius 3 is 2.00 bits per heavy atom. The minimum Gasteiger partial charge on any atom is -0.298 e. The maximum absolute atomic E-state index is 12.9. The molecule has 1 N–H and O–H groups in total. The number of sulfonamides is 1. The quantitative estimate of drug-likeness (QED) is 0.341. The Morgan fingerprint density at radius 1 is 0.839 bits per heavy atom. The van der Waals surface area contributed by atoms with Gasteiger partial charge in [0, 0.05) is 30.9 Å². The number of nitrogens with one attached hydrogen (secondary N) is 1. The minimum absolute atomic E-state index is 0.0678. The van der Waals surface area contributed by atoms with Gasteiger partial charge in [0.15, 0.2) is 5.78 Å². The molecule has 0 spiro atoms. The SMILES string of the molecule is CCCCCCCCCCCCCCNS(=O)(=O)C1=CC(=O)CC2=C1C1CCC2C1=O. The van der Waals surface area contributed by atoms with Crippen molar-refractivity contribution in [3.8, 4) is 0 Å². The van der Waals surface area contributed by atoms with Crippen molar-refractivity contribution in [2.45, 2.75) is 103 Å². The van der Waals surface area contributed by atoms with Crippen LogP contribution in [-0.4, -0.2) is 26.5 Å². The Morgan fingerprint density at radius 2 is 1.39 bits per heavy atom. The molecule has 0 radical (unpaired) electrons. The van der Waals surface area contributed by atoms with Crippen LogP contribution in [0, 0.1) is 11.8 Å². The number of allylic oxidation sites excluding steroid dienone is 3. The molecule has 0 heterocycles. The highest BCUT2D eigenvalue weighted by atomic mass is 32.2. The van der Waals surface area contributed by atoms with E-state index in [2.05, 4.69) is 11.6 Å². The van der Waals surface area contributed by atoms with Crippen LogP contribution in [-0.2, 0) is 19.6 Å². The van der Waals surface area contributed by atoms with Crippen LogP contribution in [0.15, 0.2) is 22.1 Å². The molecule has 1 saturated carbocycles. The Bertz CT molecular complexity index is 824. The van der Waals surface area contributed by atoms with E-state index >= 15 is 0 Å². The molecular formula is C25H39NO4S. The molecule has 2 bridgehead atoms. The average Bonchev–Trinajstić information content (AvgIpc) is 3.23. The predicted octanol–water partition coefficient (Wildman–Crippen LogP) is 5.37. The van der Waals surface area contributed by atoms with Crippen molar-refractivity contribution in [2.24, 2.45) is 11.8 Å². The van der Waals surface area contributed by atoms with E-state index in [0.717, 1.165) is 31.3 Å². The number of ketones is 2. The molecule has 0 aromatic rings. The van der Waals surface area contributed by atoms with E-state index in [0.29, 0.717) is 18.5 Å². The minimum atomic E-state index is -3.75. The van der Waals surface area contributed by atoms with Gasteiger partial charge in [-0.15, -0.1) is 0 Å². The lowest BCUT2D eigenvalue weighted by atomic mass is 9.85. The second kappa shape index (κ2) is 11.6. The molecule has 1 fully saturated rings. The molecular weight excluding hydrogens is 410 g/mol. The first kappa shape index (κ1) is 24.4. The van der Waals surface area contributed by atoms with E-state index in [1.807, 2.05) is 0 Å². The van der Waals surface area contributed by atoms with Gasteiger partial charge in [-0.25, -0.2) is 13.1 Å². The number of unbranched alkanes of at least 4 members (excludes halogenated alkanes) is 11. The van der Waals surface area contributed by atoms with Gasteiger partial charge in [-0.05, 0) is 30.4 Å². The molecule has 31 heavy (non-hydrogen) atoms. The fourth-order valence-corrected chi connectivity index (χ4v) is 6.81. The highest BCUT2D eigenvalue weighted by Crippen LogP contribution is 2.51. The molecule has 0 aliphatic heterocycles. The van der Waals surface area contributed by atoms with Crippen molar-refractivity contribution >= 4 is 21.6 Å². The first-order chi connectivity index (χ1) is 15.0. The van der Waals surface area contributed by atoms with Gasteiger partial charge in [-0.1, -0.05) is 77.6 Å². The van der Waals surface area contributed by atoms with E-state index in [4.69, 9.17) is 0 Å². The van der Waals surface area contributed by atoms with E-state index in [9.17, 15) is 18.0 Å². The summed E-state index contributed by atoms with van der Waals surface area (Å²) in [6.07, 6.45) is 17.7. The van der Waals surface area contributed by atoms with Gasteiger partial charge < -0.3 is 0 Å². The lowest BCUT2D eigenvalue weighted by Gasteiger charge is -2.23. The Kier molecular flexibility index (Phi) is 9.08. The molecule has 3 aliphatic rings. The summed E-state index contributed by atoms with van der Waals surface area (Å²) in [6.45, 7) is 2.63. The van der Waals surface area contributed by atoms with Gasteiger partial charge >= 0.3 is 0 Å². The fraction of sp³-hybridized carbons (Fsp3) is 0.760. The van der Waals surface area contributed by atoms with Crippen LogP contribution in [0.4, 0.5) is 0 Å². The summed E-state index contributed by atoms with van der Waals surface area (Å²) in [6, 6.07) is 0. The van der Waals surface area contributed by atoms with Gasteiger partial charge in [0.05, 0.1) is 4.91 Å². The number of Topliss-reactive ketones (excluding diaryl/α,β-unsaturated/α-hetero) is 1. The topological polar surface area (TPSA) is 80.3 Å². The van der Waals surface area contributed by atoms with Crippen molar-refractivity contribution in [1.82, 2.24) is 4.72 Å². The Balaban J connectivity index is 1.33. The summed E-state index contributed by atoms with van der Waals surface area (Å²) in [5.74, 6) is -0.631.